The lowest BCUT2D eigenvalue weighted by molar-refractivity contribution is 0.0734. The lowest BCUT2D eigenvalue weighted by atomic mass is 9.87. The molecule has 6 nitrogen and oxygen atoms in total. The van der Waals surface area contributed by atoms with Gasteiger partial charge in [-0.3, -0.25) is 0 Å². The second kappa shape index (κ2) is 7.55. The average Bonchev–Trinajstić information content (AvgIpc) is 3.08. The van der Waals surface area contributed by atoms with Crippen molar-refractivity contribution in [2.75, 3.05) is 41.7 Å². The minimum Gasteiger partial charge on any atom is -0.393 e. The zero-order chi connectivity index (χ0) is 17.1. The standard InChI is InChI=1S/C18H31N5O/c1-13(2)11-15(24)14-5-9-23(10-6-14)17-12-16(20-18(19)21-17)22-7-3-4-8-22/h12-15,24H,3-11H2,1-2H3,(H2,19,20,21)/t15-/m0/s1. The Balaban J connectivity index is 1.63. The van der Waals surface area contributed by atoms with Crippen molar-refractivity contribution >= 4 is 17.6 Å². The molecule has 3 rings (SSSR count). The number of nitrogen functional groups attached to an aromatic ring is 1. The van der Waals surface area contributed by atoms with Gasteiger partial charge in [0.15, 0.2) is 0 Å². The van der Waals surface area contributed by atoms with Crippen molar-refractivity contribution in [3.8, 4) is 0 Å². The molecule has 0 radical (unpaired) electrons. The van der Waals surface area contributed by atoms with Crippen LogP contribution in [0.2, 0.25) is 0 Å². The van der Waals surface area contributed by atoms with Crippen LogP contribution in [-0.4, -0.2) is 47.4 Å². The summed E-state index contributed by atoms with van der Waals surface area (Å²) in [5, 5.41) is 10.4. The number of aliphatic hydroxyl groups excluding tert-OH is 1. The molecule has 0 saturated carbocycles. The predicted molar refractivity (Wildman–Crippen MR) is 98.3 cm³/mol. The summed E-state index contributed by atoms with van der Waals surface area (Å²) in [7, 11) is 0. The van der Waals surface area contributed by atoms with Gasteiger partial charge in [-0.05, 0) is 43.9 Å². The first-order valence-corrected chi connectivity index (χ1v) is 9.35. The number of hydrogen-bond donors (Lipinski definition) is 2. The van der Waals surface area contributed by atoms with E-state index in [2.05, 4.69) is 39.7 Å². The molecule has 3 N–H and O–H groups in total. The lowest BCUT2D eigenvalue weighted by Gasteiger charge is -2.35. The van der Waals surface area contributed by atoms with Gasteiger partial charge in [-0.1, -0.05) is 13.8 Å². The Hall–Kier alpha value is -1.56. The van der Waals surface area contributed by atoms with Crippen LogP contribution in [0.15, 0.2) is 6.07 Å². The predicted octanol–water partition coefficient (Wildman–Crippen LogP) is 2.28. The maximum atomic E-state index is 10.4. The van der Waals surface area contributed by atoms with Crippen LogP contribution in [0, 0.1) is 11.8 Å². The minimum atomic E-state index is -0.178. The van der Waals surface area contributed by atoms with E-state index in [1.165, 1.54) is 12.8 Å². The summed E-state index contributed by atoms with van der Waals surface area (Å²) in [6.07, 6.45) is 5.18. The van der Waals surface area contributed by atoms with Crippen LogP contribution in [0.3, 0.4) is 0 Å². The van der Waals surface area contributed by atoms with Gasteiger partial charge in [-0.15, -0.1) is 0 Å². The fourth-order valence-corrected chi connectivity index (χ4v) is 3.90. The van der Waals surface area contributed by atoms with Gasteiger partial charge in [0.1, 0.15) is 11.6 Å². The summed E-state index contributed by atoms with van der Waals surface area (Å²) < 4.78 is 0. The monoisotopic (exact) mass is 333 g/mol. The Labute approximate surface area is 145 Å². The van der Waals surface area contributed by atoms with Crippen molar-refractivity contribution in [3.05, 3.63) is 6.07 Å². The van der Waals surface area contributed by atoms with Gasteiger partial charge < -0.3 is 20.6 Å². The molecule has 24 heavy (non-hydrogen) atoms. The maximum Gasteiger partial charge on any atom is 0.223 e. The Morgan fingerprint density at radius 1 is 1.08 bits per heavy atom. The number of anilines is 3. The largest absolute Gasteiger partial charge is 0.393 e. The number of hydrogen-bond acceptors (Lipinski definition) is 6. The zero-order valence-electron chi connectivity index (χ0n) is 15.0. The van der Waals surface area contributed by atoms with Gasteiger partial charge in [0.05, 0.1) is 6.10 Å². The quantitative estimate of drug-likeness (QED) is 0.861. The first-order valence-electron chi connectivity index (χ1n) is 9.35. The first-order chi connectivity index (χ1) is 11.5. The number of nitrogens with two attached hydrogens (primary N) is 1. The molecular weight excluding hydrogens is 302 g/mol. The molecule has 134 valence electrons. The van der Waals surface area contributed by atoms with Gasteiger partial charge in [0, 0.05) is 32.2 Å². The third-order valence-corrected chi connectivity index (χ3v) is 5.27. The molecule has 0 spiro atoms. The Morgan fingerprint density at radius 3 is 2.17 bits per heavy atom. The molecular formula is C18H31N5O. The van der Waals surface area contributed by atoms with Gasteiger partial charge in [-0.25, -0.2) is 0 Å². The average molecular weight is 333 g/mol. The minimum absolute atomic E-state index is 0.178. The van der Waals surface area contributed by atoms with E-state index in [-0.39, 0.29) is 6.10 Å². The van der Waals surface area contributed by atoms with Gasteiger partial charge in [0.25, 0.3) is 0 Å². The molecule has 2 aliphatic rings. The number of piperidine rings is 1. The summed E-state index contributed by atoms with van der Waals surface area (Å²) in [5.41, 5.74) is 5.95. The Morgan fingerprint density at radius 2 is 1.62 bits per heavy atom. The van der Waals surface area contributed by atoms with Crippen molar-refractivity contribution in [2.45, 2.75) is 52.1 Å². The van der Waals surface area contributed by atoms with Crippen molar-refractivity contribution < 1.29 is 5.11 Å². The molecule has 0 amide bonds. The van der Waals surface area contributed by atoms with Crippen LogP contribution < -0.4 is 15.5 Å². The molecule has 0 unspecified atom stereocenters. The smallest absolute Gasteiger partial charge is 0.223 e. The summed E-state index contributed by atoms with van der Waals surface area (Å²) >= 11 is 0. The molecule has 2 fully saturated rings. The van der Waals surface area contributed by atoms with Crippen LogP contribution in [0.5, 0.6) is 0 Å². The van der Waals surface area contributed by atoms with Gasteiger partial charge in [-0.2, -0.15) is 9.97 Å². The summed E-state index contributed by atoms with van der Waals surface area (Å²) in [4.78, 5) is 13.4. The van der Waals surface area contributed by atoms with E-state index >= 15 is 0 Å². The van der Waals surface area contributed by atoms with E-state index in [1.807, 2.05) is 0 Å². The van der Waals surface area contributed by atoms with Crippen LogP contribution in [0.25, 0.3) is 0 Å². The molecule has 1 aromatic heterocycles. The Bertz CT molecular complexity index is 536. The maximum absolute atomic E-state index is 10.4. The normalized spacial score (nSPS) is 20.8. The number of nitrogens with zero attached hydrogens (tertiary/aromatic N) is 4. The molecule has 0 aromatic carbocycles. The summed E-state index contributed by atoms with van der Waals surface area (Å²) in [5.74, 6) is 3.19. The van der Waals surface area contributed by atoms with E-state index in [0.29, 0.717) is 17.8 Å². The highest BCUT2D eigenvalue weighted by Crippen LogP contribution is 2.29. The van der Waals surface area contributed by atoms with E-state index in [1.54, 1.807) is 0 Å². The molecule has 1 atom stereocenters. The highest BCUT2D eigenvalue weighted by molar-refractivity contribution is 5.54. The highest BCUT2D eigenvalue weighted by atomic mass is 16.3. The van der Waals surface area contributed by atoms with E-state index in [9.17, 15) is 5.11 Å². The van der Waals surface area contributed by atoms with Gasteiger partial charge in [0.2, 0.25) is 5.95 Å². The van der Waals surface area contributed by atoms with Crippen molar-refractivity contribution in [1.82, 2.24) is 9.97 Å². The number of aromatic nitrogens is 2. The van der Waals surface area contributed by atoms with Crippen molar-refractivity contribution in [1.29, 1.82) is 0 Å². The lowest BCUT2D eigenvalue weighted by Crippen LogP contribution is -2.38. The zero-order valence-corrected chi connectivity index (χ0v) is 15.0. The van der Waals surface area contributed by atoms with Gasteiger partial charge >= 0.3 is 0 Å². The summed E-state index contributed by atoms with van der Waals surface area (Å²) in [6, 6.07) is 2.08. The molecule has 1 aromatic rings. The molecule has 0 bridgehead atoms. The molecule has 6 heteroatoms. The number of aliphatic hydroxyl groups is 1. The third-order valence-electron chi connectivity index (χ3n) is 5.27. The topological polar surface area (TPSA) is 78.5 Å². The molecule has 0 aliphatic carbocycles. The van der Waals surface area contributed by atoms with Crippen LogP contribution in [0.1, 0.15) is 46.0 Å². The van der Waals surface area contributed by atoms with E-state index in [4.69, 9.17) is 5.73 Å². The van der Waals surface area contributed by atoms with E-state index in [0.717, 1.165) is 57.1 Å². The van der Waals surface area contributed by atoms with Crippen molar-refractivity contribution in [3.63, 3.8) is 0 Å². The molecule has 2 saturated heterocycles. The third kappa shape index (κ3) is 4.09. The Kier molecular flexibility index (Phi) is 5.43. The second-order valence-corrected chi connectivity index (χ2v) is 7.66. The fourth-order valence-electron chi connectivity index (χ4n) is 3.90. The van der Waals surface area contributed by atoms with Crippen LogP contribution in [-0.2, 0) is 0 Å². The van der Waals surface area contributed by atoms with Crippen molar-refractivity contribution in [2.24, 2.45) is 11.8 Å². The first kappa shape index (κ1) is 17.3. The SMILES string of the molecule is CC(C)C[C@H](O)C1CCN(c2cc(N3CCCC3)nc(N)n2)CC1. The highest BCUT2D eigenvalue weighted by Gasteiger charge is 2.27. The fraction of sp³-hybridized carbons (Fsp3) is 0.778. The van der Waals surface area contributed by atoms with Crippen LogP contribution >= 0.6 is 0 Å². The number of rotatable bonds is 5. The van der Waals surface area contributed by atoms with E-state index < -0.39 is 0 Å². The summed E-state index contributed by atoms with van der Waals surface area (Å²) in [6.45, 7) is 8.30. The second-order valence-electron chi connectivity index (χ2n) is 7.66. The molecule has 2 aliphatic heterocycles. The van der Waals surface area contributed by atoms with Crippen LogP contribution in [0.4, 0.5) is 17.6 Å². The molecule has 3 heterocycles.